The molecule has 0 aromatic heterocycles. The number of amides is 1. The molecule has 1 aromatic rings. The first-order valence-corrected chi connectivity index (χ1v) is 6.85. The van der Waals surface area contributed by atoms with Crippen molar-refractivity contribution in [2.24, 2.45) is 0 Å². The van der Waals surface area contributed by atoms with Gasteiger partial charge in [-0.05, 0) is 31.0 Å². The predicted molar refractivity (Wildman–Crippen MR) is 76.2 cm³/mol. The van der Waals surface area contributed by atoms with Crippen molar-refractivity contribution in [1.82, 2.24) is 5.32 Å². The predicted octanol–water partition coefficient (Wildman–Crippen LogP) is 1.16. The molecule has 0 saturated carbocycles. The summed E-state index contributed by atoms with van der Waals surface area (Å²) in [6.45, 7) is 0.914. The molecule has 112 valence electrons. The fourth-order valence-electron chi connectivity index (χ4n) is 2.72. The summed E-state index contributed by atoms with van der Waals surface area (Å²) in [7, 11) is 1.53. The average Bonchev–Trinajstić information content (AvgIpc) is 2.46. The number of carbonyl (C=O) groups excluding carboxylic acids is 1. The Morgan fingerprint density at radius 2 is 2.38 bits per heavy atom. The summed E-state index contributed by atoms with van der Waals surface area (Å²) in [6.07, 6.45) is 1.25. The molecule has 0 aliphatic carbocycles. The maximum Gasteiger partial charge on any atom is 0.222 e. The maximum atomic E-state index is 13.2. The van der Waals surface area contributed by atoms with E-state index in [0.717, 1.165) is 0 Å². The van der Waals surface area contributed by atoms with E-state index in [1.54, 1.807) is 6.07 Å². The molecule has 1 amide bonds. The van der Waals surface area contributed by atoms with Crippen molar-refractivity contribution in [2.45, 2.75) is 24.9 Å². The molecule has 1 aromatic carbocycles. The Morgan fingerprint density at radius 1 is 1.62 bits per heavy atom. The van der Waals surface area contributed by atoms with Gasteiger partial charge in [-0.3, -0.25) is 4.79 Å². The van der Waals surface area contributed by atoms with Crippen LogP contribution in [0.2, 0.25) is 0 Å². The number of piperidine rings is 1. The van der Waals surface area contributed by atoms with Gasteiger partial charge < -0.3 is 15.3 Å². The molecule has 1 aliphatic heterocycles. The molecule has 0 spiro atoms. The molecule has 1 atom stereocenters. The quantitative estimate of drug-likeness (QED) is 0.876. The molecule has 21 heavy (non-hydrogen) atoms. The van der Waals surface area contributed by atoms with Crippen molar-refractivity contribution in [3.05, 3.63) is 29.6 Å². The van der Waals surface area contributed by atoms with Crippen LogP contribution >= 0.6 is 0 Å². The lowest BCUT2D eigenvalue weighted by molar-refractivity contribution is -0.125. The van der Waals surface area contributed by atoms with Gasteiger partial charge in [0.15, 0.2) is 0 Å². The van der Waals surface area contributed by atoms with E-state index in [0.29, 0.717) is 25.1 Å². The van der Waals surface area contributed by atoms with Crippen molar-refractivity contribution in [2.75, 3.05) is 25.0 Å². The topological polar surface area (TPSA) is 76.4 Å². The largest absolute Gasteiger partial charge is 0.388 e. The van der Waals surface area contributed by atoms with E-state index in [1.807, 2.05) is 11.0 Å². The van der Waals surface area contributed by atoms with Crippen LogP contribution in [0.25, 0.3) is 0 Å². The number of carbonyl (C=O) groups is 1. The Hall–Kier alpha value is -2.13. The van der Waals surface area contributed by atoms with E-state index < -0.39 is 11.4 Å². The summed E-state index contributed by atoms with van der Waals surface area (Å²) in [5.41, 5.74) is -0.299. The first kappa shape index (κ1) is 15.3. The fourth-order valence-corrected chi connectivity index (χ4v) is 2.72. The second kappa shape index (κ2) is 6.10. The maximum absolute atomic E-state index is 13.2. The van der Waals surface area contributed by atoms with Crippen LogP contribution in [0.5, 0.6) is 0 Å². The summed E-state index contributed by atoms with van der Waals surface area (Å²) in [5.74, 6) is -0.688. The minimum absolute atomic E-state index is 0.0169. The SMILES string of the molecule is CNC(=O)CC1(O)CCCN(c2ccc(F)cc2C#N)C1. The van der Waals surface area contributed by atoms with E-state index in [-0.39, 0.29) is 24.4 Å². The number of nitriles is 1. The Kier molecular flexibility index (Phi) is 4.43. The number of anilines is 1. The lowest BCUT2D eigenvalue weighted by Crippen LogP contribution is -2.50. The molecule has 0 bridgehead atoms. The lowest BCUT2D eigenvalue weighted by Gasteiger charge is -2.40. The van der Waals surface area contributed by atoms with Crippen molar-refractivity contribution < 1.29 is 14.3 Å². The number of rotatable bonds is 3. The molecule has 1 unspecified atom stereocenters. The number of benzene rings is 1. The zero-order valence-corrected chi connectivity index (χ0v) is 11.9. The second-order valence-corrected chi connectivity index (χ2v) is 5.37. The Morgan fingerprint density at radius 3 is 3.05 bits per heavy atom. The fraction of sp³-hybridized carbons (Fsp3) is 0.467. The summed E-state index contributed by atoms with van der Waals surface area (Å²) in [6, 6.07) is 5.99. The summed E-state index contributed by atoms with van der Waals surface area (Å²) in [5, 5.41) is 22.2. The zero-order chi connectivity index (χ0) is 15.5. The van der Waals surface area contributed by atoms with Gasteiger partial charge in [-0.25, -0.2) is 4.39 Å². The summed E-state index contributed by atoms with van der Waals surface area (Å²) < 4.78 is 13.2. The van der Waals surface area contributed by atoms with Crippen LogP contribution in [-0.2, 0) is 4.79 Å². The number of nitrogens with zero attached hydrogens (tertiary/aromatic N) is 2. The van der Waals surface area contributed by atoms with Crippen molar-refractivity contribution in [3.63, 3.8) is 0 Å². The molecule has 0 radical (unpaired) electrons. The van der Waals surface area contributed by atoms with Gasteiger partial charge in [0.05, 0.1) is 23.3 Å². The smallest absolute Gasteiger partial charge is 0.222 e. The Labute approximate surface area is 123 Å². The summed E-state index contributed by atoms with van der Waals surface area (Å²) >= 11 is 0. The monoisotopic (exact) mass is 291 g/mol. The van der Waals surface area contributed by atoms with Crippen LogP contribution < -0.4 is 10.2 Å². The van der Waals surface area contributed by atoms with E-state index in [4.69, 9.17) is 5.26 Å². The van der Waals surface area contributed by atoms with Crippen LogP contribution in [0.15, 0.2) is 18.2 Å². The average molecular weight is 291 g/mol. The molecular formula is C15H18FN3O2. The number of nitrogens with one attached hydrogen (secondary N) is 1. The third-order valence-corrected chi connectivity index (χ3v) is 3.74. The molecule has 6 heteroatoms. The normalized spacial score (nSPS) is 21.7. The van der Waals surface area contributed by atoms with Gasteiger partial charge in [0.25, 0.3) is 0 Å². The molecule has 2 rings (SSSR count). The highest BCUT2D eigenvalue weighted by Gasteiger charge is 2.35. The third-order valence-electron chi connectivity index (χ3n) is 3.74. The number of hydrogen-bond donors (Lipinski definition) is 2. The van der Waals surface area contributed by atoms with Gasteiger partial charge in [-0.1, -0.05) is 0 Å². The van der Waals surface area contributed by atoms with Crippen molar-refractivity contribution >= 4 is 11.6 Å². The zero-order valence-electron chi connectivity index (χ0n) is 11.9. The van der Waals surface area contributed by atoms with Crippen molar-refractivity contribution in [1.29, 1.82) is 5.26 Å². The van der Waals surface area contributed by atoms with Gasteiger partial charge in [-0.15, -0.1) is 0 Å². The van der Waals surface area contributed by atoms with Crippen LogP contribution in [-0.4, -0.2) is 36.8 Å². The van der Waals surface area contributed by atoms with E-state index >= 15 is 0 Å². The molecule has 1 heterocycles. The van der Waals surface area contributed by atoms with Crippen LogP contribution in [0, 0.1) is 17.1 Å². The highest BCUT2D eigenvalue weighted by molar-refractivity contribution is 5.77. The van der Waals surface area contributed by atoms with Gasteiger partial charge in [0.1, 0.15) is 11.9 Å². The summed E-state index contributed by atoms with van der Waals surface area (Å²) in [4.78, 5) is 13.3. The first-order valence-electron chi connectivity index (χ1n) is 6.85. The van der Waals surface area contributed by atoms with Gasteiger partial charge in [0.2, 0.25) is 5.91 Å². The van der Waals surface area contributed by atoms with E-state index in [2.05, 4.69) is 5.32 Å². The van der Waals surface area contributed by atoms with Gasteiger partial charge in [-0.2, -0.15) is 5.26 Å². The number of β-amino-alcohol motifs (C(OH)–C–C–N with tert-alkyl or cyclic N) is 1. The molecule has 5 nitrogen and oxygen atoms in total. The van der Waals surface area contributed by atoms with E-state index in [9.17, 15) is 14.3 Å². The van der Waals surface area contributed by atoms with Gasteiger partial charge >= 0.3 is 0 Å². The van der Waals surface area contributed by atoms with Crippen LogP contribution in [0.3, 0.4) is 0 Å². The number of halogens is 1. The molecule has 2 N–H and O–H groups in total. The molecular weight excluding hydrogens is 273 g/mol. The number of aliphatic hydroxyl groups is 1. The minimum Gasteiger partial charge on any atom is -0.388 e. The molecule has 1 aliphatic rings. The Bertz CT molecular complexity index is 585. The number of hydrogen-bond acceptors (Lipinski definition) is 4. The standard InChI is InChI=1S/C15H18FN3O2/c1-18-14(20)8-15(21)5-2-6-19(10-15)13-4-3-12(16)7-11(13)9-17/h3-4,7,21H,2,5-6,8,10H2,1H3,(H,18,20). The lowest BCUT2D eigenvalue weighted by atomic mass is 9.88. The highest BCUT2D eigenvalue weighted by atomic mass is 19.1. The molecule has 1 fully saturated rings. The van der Waals surface area contributed by atoms with Crippen molar-refractivity contribution in [3.8, 4) is 6.07 Å². The first-order chi connectivity index (χ1) is 9.97. The van der Waals surface area contributed by atoms with Crippen LogP contribution in [0.1, 0.15) is 24.8 Å². The van der Waals surface area contributed by atoms with Gasteiger partial charge in [0, 0.05) is 20.1 Å². The second-order valence-electron chi connectivity index (χ2n) is 5.37. The molecule has 1 saturated heterocycles. The highest BCUT2D eigenvalue weighted by Crippen LogP contribution is 2.30. The Balaban J connectivity index is 2.22. The third kappa shape index (κ3) is 3.50. The minimum atomic E-state index is -1.13. The van der Waals surface area contributed by atoms with Crippen LogP contribution in [0.4, 0.5) is 10.1 Å². The van der Waals surface area contributed by atoms with E-state index in [1.165, 1.54) is 19.2 Å².